The van der Waals surface area contributed by atoms with Crippen molar-refractivity contribution >= 4 is 57.5 Å². The normalized spacial score (nSPS) is 10.9. The second-order valence-corrected chi connectivity index (χ2v) is 7.07. The van der Waals surface area contributed by atoms with E-state index in [0.717, 1.165) is 5.56 Å². The first kappa shape index (κ1) is 17.9. The first-order valence-corrected chi connectivity index (χ1v) is 9.06. The average molecular weight is 418 g/mol. The van der Waals surface area contributed by atoms with Gasteiger partial charge < -0.3 is 9.73 Å². The standard InChI is InChI=1S/C20H11Cl3N2O2/c21-12-3-7-16(23)15(9-12)19(26)24-14-5-1-11(2-6-14)20-25-17-10-13(22)4-8-18(17)27-20/h1-10H,(H,24,26). The van der Waals surface area contributed by atoms with Crippen molar-refractivity contribution in [1.29, 1.82) is 0 Å². The molecule has 0 radical (unpaired) electrons. The molecule has 0 saturated carbocycles. The van der Waals surface area contributed by atoms with Crippen LogP contribution in [0.4, 0.5) is 5.69 Å². The molecule has 4 aromatic rings. The second kappa shape index (κ2) is 7.24. The molecule has 4 nitrogen and oxygen atoms in total. The van der Waals surface area contributed by atoms with Crippen LogP contribution in [0.1, 0.15) is 10.4 Å². The number of oxazole rings is 1. The molecule has 0 aliphatic heterocycles. The van der Waals surface area contributed by atoms with Crippen molar-refractivity contribution < 1.29 is 9.21 Å². The van der Waals surface area contributed by atoms with Crippen molar-refractivity contribution in [3.63, 3.8) is 0 Å². The minimum Gasteiger partial charge on any atom is -0.436 e. The van der Waals surface area contributed by atoms with Crippen molar-refractivity contribution in [3.05, 3.63) is 81.3 Å². The summed E-state index contributed by atoms with van der Waals surface area (Å²) in [6.07, 6.45) is 0. The number of rotatable bonds is 3. The maximum Gasteiger partial charge on any atom is 0.257 e. The third kappa shape index (κ3) is 3.78. The molecule has 134 valence electrons. The van der Waals surface area contributed by atoms with Crippen LogP contribution in [0.25, 0.3) is 22.6 Å². The Bertz CT molecular complexity index is 1150. The summed E-state index contributed by atoms with van der Waals surface area (Å²) in [5, 5.41) is 4.16. The number of nitrogens with zero attached hydrogens (tertiary/aromatic N) is 1. The van der Waals surface area contributed by atoms with E-state index < -0.39 is 0 Å². The van der Waals surface area contributed by atoms with Gasteiger partial charge in [-0.15, -0.1) is 0 Å². The lowest BCUT2D eigenvalue weighted by atomic mass is 10.2. The number of amides is 1. The number of carbonyl (C=O) groups excluding carboxylic acids is 1. The zero-order valence-electron chi connectivity index (χ0n) is 13.7. The summed E-state index contributed by atoms with van der Waals surface area (Å²) in [5.74, 6) is 0.134. The monoisotopic (exact) mass is 416 g/mol. The quantitative estimate of drug-likeness (QED) is 0.403. The highest BCUT2D eigenvalue weighted by molar-refractivity contribution is 6.36. The van der Waals surface area contributed by atoms with Crippen molar-refractivity contribution in [3.8, 4) is 11.5 Å². The van der Waals surface area contributed by atoms with E-state index in [2.05, 4.69) is 10.3 Å². The predicted octanol–water partition coefficient (Wildman–Crippen LogP) is 6.71. The molecule has 0 aliphatic rings. The number of halogens is 3. The SMILES string of the molecule is O=C(Nc1ccc(-c2nc3cc(Cl)ccc3o2)cc1)c1cc(Cl)ccc1Cl. The van der Waals surface area contributed by atoms with E-state index in [-0.39, 0.29) is 5.91 Å². The van der Waals surface area contributed by atoms with E-state index >= 15 is 0 Å². The molecular formula is C20H11Cl3N2O2. The zero-order valence-corrected chi connectivity index (χ0v) is 15.9. The number of fused-ring (bicyclic) bond motifs is 1. The molecule has 3 aromatic carbocycles. The molecular weight excluding hydrogens is 407 g/mol. The van der Waals surface area contributed by atoms with Crippen LogP contribution in [0.15, 0.2) is 65.1 Å². The van der Waals surface area contributed by atoms with Gasteiger partial charge in [0, 0.05) is 21.3 Å². The summed E-state index contributed by atoms with van der Waals surface area (Å²) in [5.41, 5.74) is 3.04. The van der Waals surface area contributed by atoms with Crippen LogP contribution in [0, 0.1) is 0 Å². The van der Waals surface area contributed by atoms with Gasteiger partial charge in [0.25, 0.3) is 5.91 Å². The van der Waals surface area contributed by atoms with Gasteiger partial charge in [-0.3, -0.25) is 4.79 Å². The number of benzene rings is 3. The molecule has 0 bridgehead atoms. The van der Waals surface area contributed by atoms with Gasteiger partial charge in [-0.05, 0) is 60.7 Å². The van der Waals surface area contributed by atoms with E-state index in [0.29, 0.717) is 43.3 Å². The molecule has 27 heavy (non-hydrogen) atoms. The Morgan fingerprint density at radius 3 is 2.37 bits per heavy atom. The molecule has 1 aromatic heterocycles. The van der Waals surface area contributed by atoms with Crippen LogP contribution >= 0.6 is 34.8 Å². The van der Waals surface area contributed by atoms with Gasteiger partial charge in [0.2, 0.25) is 5.89 Å². The Balaban J connectivity index is 1.56. The molecule has 0 saturated heterocycles. The van der Waals surface area contributed by atoms with Gasteiger partial charge in [0.1, 0.15) is 5.52 Å². The van der Waals surface area contributed by atoms with E-state index in [4.69, 9.17) is 39.2 Å². The Morgan fingerprint density at radius 2 is 1.59 bits per heavy atom. The molecule has 1 N–H and O–H groups in total. The van der Waals surface area contributed by atoms with E-state index in [1.807, 2.05) is 12.1 Å². The molecule has 4 rings (SSSR count). The van der Waals surface area contributed by atoms with Gasteiger partial charge in [0.15, 0.2) is 5.58 Å². The lowest BCUT2D eigenvalue weighted by Gasteiger charge is -2.07. The molecule has 0 unspecified atom stereocenters. The van der Waals surface area contributed by atoms with Gasteiger partial charge in [0.05, 0.1) is 10.6 Å². The summed E-state index contributed by atoms with van der Waals surface area (Å²) in [4.78, 5) is 16.8. The summed E-state index contributed by atoms with van der Waals surface area (Å²) in [6.45, 7) is 0. The zero-order chi connectivity index (χ0) is 19.0. The van der Waals surface area contributed by atoms with Crippen LogP contribution in [-0.4, -0.2) is 10.9 Å². The fraction of sp³-hybridized carbons (Fsp3) is 0. The van der Waals surface area contributed by atoms with Gasteiger partial charge in [-0.1, -0.05) is 34.8 Å². The van der Waals surface area contributed by atoms with Crippen LogP contribution in [0.5, 0.6) is 0 Å². The molecule has 0 spiro atoms. The minimum absolute atomic E-state index is 0.309. The summed E-state index contributed by atoms with van der Waals surface area (Å²) in [6, 6.07) is 17.1. The Kier molecular flexibility index (Phi) is 4.79. The highest BCUT2D eigenvalue weighted by Gasteiger charge is 2.12. The smallest absolute Gasteiger partial charge is 0.257 e. The molecule has 0 fully saturated rings. The molecule has 1 heterocycles. The Morgan fingerprint density at radius 1 is 0.889 bits per heavy atom. The number of hydrogen-bond donors (Lipinski definition) is 1. The number of nitrogens with one attached hydrogen (secondary N) is 1. The Labute approximate surface area is 169 Å². The minimum atomic E-state index is -0.341. The highest BCUT2D eigenvalue weighted by atomic mass is 35.5. The summed E-state index contributed by atoms with van der Waals surface area (Å²) >= 11 is 18.0. The van der Waals surface area contributed by atoms with E-state index in [9.17, 15) is 4.79 Å². The first-order valence-electron chi connectivity index (χ1n) is 7.92. The highest BCUT2D eigenvalue weighted by Crippen LogP contribution is 2.27. The van der Waals surface area contributed by atoms with Gasteiger partial charge in [-0.25, -0.2) is 4.98 Å². The third-order valence-electron chi connectivity index (χ3n) is 3.91. The third-order valence-corrected chi connectivity index (χ3v) is 4.71. The Hall–Kier alpha value is -2.53. The average Bonchev–Trinajstić information content (AvgIpc) is 3.07. The molecule has 0 aliphatic carbocycles. The second-order valence-electron chi connectivity index (χ2n) is 5.79. The summed E-state index contributed by atoms with van der Waals surface area (Å²) in [7, 11) is 0. The largest absolute Gasteiger partial charge is 0.436 e. The van der Waals surface area contributed by atoms with Gasteiger partial charge >= 0.3 is 0 Å². The van der Waals surface area contributed by atoms with Gasteiger partial charge in [-0.2, -0.15) is 0 Å². The summed E-state index contributed by atoms with van der Waals surface area (Å²) < 4.78 is 5.74. The number of hydrogen-bond acceptors (Lipinski definition) is 3. The predicted molar refractivity (Wildman–Crippen MR) is 109 cm³/mol. The molecule has 0 atom stereocenters. The fourth-order valence-electron chi connectivity index (χ4n) is 2.59. The van der Waals surface area contributed by atoms with Crippen molar-refractivity contribution in [2.45, 2.75) is 0 Å². The number of carbonyl (C=O) groups is 1. The van der Waals surface area contributed by atoms with Crippen molar-refractivity contribution in [2.75, 3.05) is 5.32 Å². The van der Waals surface area contributed by atoms with Crippen LogP contribution < -0.4 is 5.32 Å². The van der Waals surface area contributed by atoms with Crippen LogP contribution in [-0.2, 0) is 0 Å². The number of anilines is 1. The molecule has 7 heteroatoms. The lowest BCUT2D eigenvalue weighted by molar-refractivity contribution is 0.102. The van der Waals surface area contributed by atoms with Crippen LogP contribution in [0.3, 0.4) is 0 Å². The van der Waals surface area contributed by atoms with Crippen molar-refractivity contribution in [1.82, 2.24) is 4.98 Å². The molecule has 1 amide bonds. The maximum absolute atomic E-state index is 12.4. The number of aromatic nitrogens is 1. The lowest BCUT2D eigenvalue weighted by Crippen LogP contribution is -2.12. The fourth-order valence-corrected chi connectivity index (χ4v) is 3.13. The van der Waals surface area contributed by atoms with E-state index in [1.165, 1.54) is 6.07 Å². The van der Waals surface area contributed by atoms with E-state index in [1.54, 1.807) is 42.5 Å². The first-order chi connectivity index (χ1) is 13.0. The topological polar surface area (TPSA) is 55.1 Å². The van der Waals surface area contributed by atoms with Crippen molar-refractivity contribution in [2.24, 2.45) is 0 Å². The maximum atomic E-state index is 12.4. The van der Waals surface area contributed by atoms with Crippen LogP contribution in [0.2, 0.25) is 15.1 Å².